The van der Waals surface area contributed by atoms with E-state index in [2.05, 4.69) is 5.73 Å². The van der Waals surface area contributed by atoms with Gasteiger partial charge in [0.2, 0.25) is 0 Å². The lowest BCUT2D eigenvalue weighted by molar-refractivity contribution is -0.368. The van der Waals surface area contributed by atoms with Gasteiger partial charge >= 0.3 is 0 Å². The highest BCUT2D eigenvalue weighted by Crippen LogP contribution is 2.13. The van der Waals surface area contributed by atoms with E-state index in [0.717, 1.165) is 19.4 Å². The van der Waals surface area contributed by atoms with Gasteiger partial charge in [0.1, 0.15) is 0 Å². The van der Waals surface area contributed by atoms with Crippen LogP contribution in [0.1, 0.15) is 51.9 Å². The van der Waals surface area contributed by atoms with Crippen LogP contribution in [0.15, 0.2) is 0 Å². The number of aliphatic carboxylic acids is 1. The zero-order chi connectivity index (χ0) is 10.8. The molecule has 0 fully saturated rings. The smallest absolute Gasteiger partial charge is 0.0739 e. The molecule has 3 nitrogen and oxygen atoms in total. The molecule has 0 aromatic rings. The third-order valence-electron chi connectivity index (χ3n) is 2.46. The van der Waals surface area contributed by atoms with Crippen molar-refractivity contribution in [1.82, 2.24) is 0 Å². The second-order valence-corrected chi connectivity index (χ2v) is 4.09. The van der Waals surface area contributed by atoms with Gasteiger partial charge in [0.15, 0.2) is 0 Å². The van der Waals surface area contributed by atoms with E-state index in [1.54, 1.807) is 0 Å². The van der Waals surface area contributed by atoms with E-state index in [4.69, 9.17) is 0 Å². The third-order valence-corrected chi connectivity index (χ3v) is 2.46. The van der Waals surface area contributed by atoms with Crippen LogP contribution in [0, 0.1) is 5.92 Å². The lowest BCUT2D eigenvalue weighted by Crippen LogP contribution is -2.50. The predicted molar refractivity (Wildman–Crippen MR) is 54.2 cm³/mol. The second-order valence-electron chi connectivity index (χ2n) is 4.09. The Balaban J connectivity index is 3.14. The van der Waals surface area contributed by atoms with E-state index in [9.17, 15) is 9.90 Å². The summed E-state index contributed by atoms with van der Waals surface area (Å²) in [4.78, 5) is 10.3. The molecule has 0 rings (SSSR count). The highest BCUT2D eigenvalue weighted by atomic mass is 16.4. The van der Waals surface area contributed by atoms with E-state index in [1.165, 1.54) is 25.7 Å². The lowest BCUT2D eigenvalue weighted by Gasteiger charge is -2.11. The summed E-state index contributed by atoms with van der Waals surface area (Å²) in [5.74, 6) is -0.651. The number of hydrogen-bond donors (Lipinski definition) is 1. The van der Waals surface area contributed by atoms with Gasteiger partial charge in [0.25, 0.3) is 0 Å². The number of quaternary nitrogens is 1. The van der Waals surface area contributed by atoms with Gasteiger partial charge in [0.05, 0.1) is 6.54 Å². The number of hydrogen-bond acceptors (Lipinski definition) is 2. The fraction of sp³-hybridized carbons (Fsp3) is 0.909. The Labute approximate surface area is 86.7 Å². The summed E-state index contributed by atoms with van der Waals surface area (Å²) in [5, 5.41) is 10.3. The molecule has 0 radical (unpaired) electrons. The summed E-state index contributed by atoms with van der Waals surface area (Å²) >= 11 is 0. The molecule has 3 heteroatoms. The van der Waals surface area contributed by atoms with E-state index >= 15 is 0 Å². The van der Waals surface area contributed by atoms with Crippen LogP contribution in [0.3, 0.4) is 0 Å². The zero-order valence-electron chi connectivity index (χ0n) is 9.26. The molecule has 0 saturated heterocycles. The molecule has 0 aromatic carbocycles. The van der Waals surface area contributed by atoms with Crippen LogP contribution in [-0.2, 0) is 4.79 Å². The first-order valence-electron chi connectivity index (χ1n) is 5.66. The summed E-state index contributed by atoms with van der Waals surface area (Å²) in [5.41, 5.74) is 3.79. The SMILES string of the molecule is C[C@H](CCCCCCC[NH3+])CC(=O)[O-]. The molecule has 0 aliphatic carbocycles. The second kappa shape index (κ2) is 9.00. The Morgan fingerprint density at radius 2 is 1.79 bits per heavy atom. The maximum Gasteiger partial charge on any atom is 0.0739 e. The van der Waals surface area contributed by atoms with Gasteiger partial charge in [0, 0.05) is 5.97 Å². The van der Waals surface area contributed by atoms with Gasteiger partial charge in [-0.05, 0) is 25.2 Å². The topological polar surface area (TPSA) is 67.8 Å². The summed E-state index contributed by atoms with van der Waals surface area (Å²) < 4.78 is 0. The number of carboxylic acids is 1. The van der Waals surface area contributed by atoms with Crippen molar-refractivity contribution in [3.8, 4) is 0 Å². The number of rotatable bonds is 9. The average Bonchev–Trinajstić information content (AvgIpc) is 2.10. The van der Waals surface area contributed by atoms with Crippen LogP contribution in [-0.4, -0.2) is 12.5 Å². The van der Waals surface area contributed by atoms with Crippen molar-refractivity contribution in [2.45, 2.75) is 51.9 Å². The Bertz CT molecular complexity index is 148. The number of unbranched alkanes of at least 4 members (excludes halogenated alkanes) is 4. The highest BCUT2D eigenvalue weighted by Gasteiger charge is 2.01. The van der Waals surface area contributed by atoms with Gasteiger partial charge in [-0.2, -0.15) is 0 Å². The van der Waals surface area contributed by atoms with Crippen LogP contribution >= 0.6 is 0 Å². The van der Waals surface area contributed by atoms with Gasteiger partial charge in [-0.3, -0.25) is 0 Å². The average molecular weight is 201 g/mol. The maximum absolute atomic E-state index is 10.3. The fourth-order valence-electron chi connectivity index (χ4n) is 1.59. The minimum absolute atomic E-state index is 0.207. The maximum atomic E-state index is 10.3. The van der Waals surface area contributed by atoms with Crippen molar-refractivity contribution >= 4 is 5.97 Å². The molecule has 0 aliphatic rings. The molecule has 3 N–H and O–H groups in total. The van der Waals surface area contributed by atoms with Crippen LogP contribution in [0.4, 0.5) is 0 Å². The van der Waals surface area contributed by atoms with Crippen molar-refractivity contribution in [2.24, 2.45) is 5.92 Å². The molecular formula is C11H23NO2. The Morgan fingerprint density at radius 1 is 1.21 bits per heavy atom. The predicted octanol–water partition coefficient (Wildman–Crippen LogP) is 0.345. The van der Waals surface area contributed by atoms with Crippen molar-refractivity contribution in [2.75, 3.05) is 6.54 Å². The van der Waals surface area contributed by atoms with Crippen molar-refractivity contribution in [3.63, 3.8) is 0 Å². The molecule has 1 atom stereocenters. The molecule has 0 saturated carbocycles. The van der Waals surface area contributed by atoms with Crippen molar-refractivity contribution in [3.05, 3.63) is 0 Å². The van der Waals surface area contributed by atoms with Crippen LogP contribution in [0.25, 0.3) is 0 Å². The van der Waals surface area contributed by atoms with Gasteiger partial charge < -0.3 is 15.6 Å². The van der Waals surface area contributed by atoms with Crippen LogP contribution < -0.4 is 10.8 Å². The third kappa shape index (κ3) is 9.52. The minimum Gasteiger partial charge on any atom is -0.550 e. The summed E-state index contributed by atoms with van der Waals surface area (Å²) in [6, 6.07) is 0. The molecule has 0 aromatic heterocycles. The van der Waals surface area contributed by atoms with E-state index in [1.807, 2.05) is 6.92 Å². The van der Waals surface area contributed by atoms with Crippen LogP contribution in [0.5, 0.6) is 0 Å². The number of carbonyl (C=O) groups excluding carboxylic acids is 1. The summed E-state index contributed by atoms with van der Waals surface area (Å²) in [6.45, 7) is 3.01. The van der Waals surface area contributed by atoms with Crippen LogP contribution in [0.2, 0.25) is 0 Å². The number of carbonyl (C=O) groups is 1. The number of carboxylic acid groups (broad SMARTS) is 1. The minimum atomic E-state index is -0.922. The van der Waals surface area contributed by atoms with Gasteiger partial charge in [-0.1, -0.05) is 32.6 Å². The Morgan fingerprint density at radius 3 is 2.36 bits per heavy atom. The van der Waals surface area contributed by atoms with E-state index < -0.39 is 5.97 Å². The summed E-state index contributed by atoms with van der Waals surface area (Å²) in [7, 11) is 0. The summed E-state index contributed by atoms with van der Waals surface area (Å²) in [6.07, 6.45) is 7.32. The molecule has 0 aliphatic heterocycles. The Hall–Kier alpha value is -0.570. The quantitative estimate of drug-likeness (QED) is 0.547. The normalized spacial score (nSPS) is 12.7. The Kier molecular flexibility index (Phi) is 8.64. The molecule has 0 amide bonds. The van der Waals surface area contributed by atoms with Gasteiger partial charge in [-0.15, -0.1) is 0 Å². The molecule has 0 bridgehead atoms. The first kappa shape index (κ1) is 13.4. The first-order chi connectivity index (χ1) is 6.66. The monoisotopic (exact) mass is 201 g/mol. The molecule has 0 unspecified atom stereocenters. The molecule has 0 heterocycles. The first-order valence-corrected chi connectivity index (χ1v) is 5.66. The highest BCUT2D eigenvalue weighted by molar-refractivity contribution is 5.64. The lowest BCUT2D eigenvalue weighted by atomic mass is 9.99. The van der Waals surface area contributed by atoms with Crippen molar-refractivity contribution in [1.29, 1.82) is 0 Å². The zero-order valence-corrected chi connectivity index (χ0v) is 9.26. The molecule has 14 heavy (non-hydrogen) atoms. The van der Waals surface area contributed by atoms with Crippen molar-refractivity contribution < 1.29 is 15.6 Å². The van der Waals surface area contributed by atoms with Gasteiger partial charge in [-0.25, -0.2) is 0 Å². The van der Waals surface area contributed by atoms with E-state index in [-0.39, 0.29) is 12.3 Å². The molecular weight excluding hydrogens is 178 g/mol. The van der Waals surface area contributed by atoms with E-state index in [0.29, 0.717) is 0 Å². The largest absolute Gasteiger partial charge is 0.550 e. The molecule has 84 valence electrons. The standard InChI is InChI=1S/C11H23NO2/c1-10(9-11(13)14)7-5-3-2-4-6-8-12/h10H,2-9,12H2,1H3,(H,13,14)/t10-/m1/s1. The molecule has 0 spiro atoms. The fourth-order valence-corrected chi connectivity index (χ4v) is 1.59.